The van der Waals surface area contributed by atoms with Crippen molar-refractivity contribution in [1.82, 2.24) is 14.8 Å². The van der Waals surface area contributed by atoms with Crippen LogP contribution in [0.2, 0.25) is 0 Å². The number of hydrogen-bond acceptors (Lipinski definition) is 3. The summed E-state index contributed by atoms with van der Waals surface area (Å²) in [5.41, 5.74) is 3.66. The SMILES string of the molecule is CCc1cc(C(=O)O)c2c(c1)c(CCN1CCNCC1)cn2CC. The lowest BCUT2D eigenvalue weighted by Crippen LogP contribution is -2.44. The Morgan fingerprint density at radius 2 is 2.00 bits per heavy atom. The molecule has 1 aromatic heterocycles. The van der Waals surface area contributed by atoms with E-state index in [1.165, 1.54) is 5.56 Å². The van der Waals surface area contributed by atoms with Crippen LogP contribution in [0, 0.1) is 0 Å². The Hall–Kier alpha value is -1.85. The zero-order valence-electron chi connectivity index (χ0n) is 14.6. The van der Waals surface area contributed by atoms with Crippen LogP contribution < -0.4 is 5.32 Å². The predicted molar refractivity (Wildman–Crippen MR) is 97.0 cm³/mol. The summed E-state index contributed by atoms with van der Waals surface area (Å²) in [5.74, 6) is -0.836. The molecule has 1 aromatic carbocycles. The van der Waals surface area contributed by atoms with Crippen molar-refractivity contribution >= 4 is 16.9 Å². The van der Waals surface area contributed by atoms with Crippen molar-refractivity contribution in [2.45, 2.75) is 33.2 Å². The average Bonchev–Trinajstić information content (AvgIpc) is 2.97. The van der Waals surface area contributed by atoms with Crippen molar-refractivity contribution in [2.24, 2.45) is 0 Å². The van der Waals surface area contributed by atoms with E-state index >= 15 is 0 Å². The first-order chi connectivity index (χ1) is 11.6. The standard InChI is InChI=1S/C19H27N3O2/c1-3-14-11-16-15(5-8-21-9-6-20-7-10-21)13-22(4-2)18(16)17(12-14)19(23)24/h11-13,20H,3-10H2,1-2H3,(H,23,24). The summed E-state index contributed by atoms with van der Waals surface area (Å²) in [7, 11) is 0. The van der Waals surface area contributed by atoms with E-state index in [2.05, 4.69) is 40.9 Å². The lowest BCUT2D eigenvalue weighted by atomic mass is 10.0. The maximum atomic E-state index is 11.7. The molecule has 0 amide bonds. The van der Waals surface area contributed by atoms with E-state index in [0.29, 0.717) is 5.56 Å². The number of carboxylic acids is 1. The van der Waals surface area contributed by atoms with Crippen LogP contribution in [0.1, 0.15) is 35.3 Å². The number of carboxylic acid groups (broad SMARTS) is 1. The summed E-state index contributed by atoms with van der Waals surface area (Å²) >= 11 is 0. The van der Waals surface area contributed by atoms with E-state index in [1.54, 1.807) is 0 Å². The molecule has 5 nitrogen and oxygen atoms in total. The number of aromatic carboxylic acids is 1. The minimum Gasteiger partial charge on any atom is -0.478 e. The molecule has 3 rings (SSSR count). The van der Waals surface area contributed by atoms with Crippen molar-refractivity contribution in [3.8, 4) is 0 Å². The van der Waals surface area contributed by atoms with Gasteiger partial charge in [0.15, 0.2) is 0 Å². The molecular weight excluding hydrogens is 302 g/mol. The van der Waals surface area contributed by atoms with Gasteiger partial charge in [0.1, 0.15) is 0 Å². The summed E-state index contributed by atoms with van der Waals surface area (Å²) in [4.78, 5) is 14.2. The van der Waals surface area contributed by atoms with Gasteiger partial charge in [-0.2, -0.15) is 0 Å². The number of carbonyl (C=O) groups is 1. The number of aryl methyl sites for hydroxylation is 2. The van der Waals surface area contributed by atoms with E-state index < -0.39 is 5.97 Å². The third kappa shape index (κ3) is 3.32. The molecular formula is C19H27N3O2. The van der Waals surface area contributed by atoms with E-state index in [4.69, 9.17) is 0 Å². The second kappa shape index (κ2) is 7.36. The van der Waals surface area contributed by atoms with Crippen LogP contribution in [-0.2, 0) is 19.4 Å². The van der Waals surface area contributed by atoms with Crippen LogP contribution >= 0.6 is 0 Å². The average molecular weight is 329 g/mol. The highest BCUT2D eigenvalue weighted by molar-refractivity contribution is 6.03. The number of aromatic nitrogens is 1. The molecule has 1 saturated heterocycles. The quantitative estimate of drug-likeness (QED) is 0.854. The number of nitrogens with zero attached hydrogens (tertiary/aromatic N) is 2. The maximum Gasteiger partial charge on any atom is 0.337 e. The van der Waals surface area contributed by atoms with Gasteiger partial charge in [-0.3, -0.25) is 0 Å². The summed E-state index contributed by atoms with van der Waals surface area (Å²) in [5, 5.41) is 14.1. The van der Waals surface area contributed by atoms with Gasteiger partial charge in [-0.1, -0.05) is 6.92 Å². The van der Waals surface area contributed by atoms with Crippen molar-refractivity contribution in [1.29, 1.82) is 0 Å². The molecule has 0 radical (unpaired) electrons. The van der Waals surface area contributed by atoms with Crippen molar-refractivity contribution in [3.63, 3.8) is 0 Å². The van der Waals surface area contributed by atoms with Crippen LogP contribution in [0.5, 0.6) is 0 Å². The Morgan fingerprint density at radius 1 is 1.25 bits per heavy atom. The molecule has 1 aliphatic heterocycles. The second-order valence-corrected chi connectivity index (χ2v) is 6.48. The Morgan fingerprint density at radius 3 is 2.62 bits per heavy atom. The Kier molecular flexibility index (Phi) is 5.21. The van der Waals surface area contributed by atoms with Gasteiger partial charge in [-0.25, -0.2) is 4.79 Å². The Bertz CT molecular complexity index is 730. The minimum atomic E-state index is -0.836. The van der Waals surface area contributed by atoms with Gasteiger partial charge in [-0.15, -0.1) is 0 Å². The van der Waals surface area contributed by atoms with E-state index in [0.717, 1.165) is 68.6 Å². The number of hydrogen-bond donors (Lipinski definition) is 2. The van der Waals surface area contributed by atoms with Crippen LogP contribution in [0.3, 0.4) is 0 Å². The monoisotopic (exact) mass is 329 g/mol. The zero-order chi connectivity index (χ0) is 17.1. The molecule has 5 heteroatoms. The van der Waals surface area contributed by atoms with Crippen LogP contribution in [0.15, 0.2) is 18.3 Å². The molecule has 130 valence electrons. The maximum absolute atomic E-state index is 11.7. The van der Waals surface area contributed by atoms with Gasteiger partial charge in [0.2, 0.25) is 0 Å². The van der Waals surface area contributed by atoms with E-state index in [1.807, 2.05) is 6.07 Å². The number of piperazine rings is 1. The van der Waals surface area contributed by atoms with Crippen molar-refractivity contribution in [2.75, 3.05) is 32.7 Å². The number of rotatable bonds is 6. The summed E-state index contributed by atoms with van der Waals surface area (Å²) in [6.07, 6.45) is 3.97. The highest BCUT2D eigenvalue weighted by Gasteiger charge is 2.18. The molecule has 24 heavy (non-hydrogen) atoms. The molecule has 0 spiro atoms. The fourth-order valence-corrected chi connectivity index (χ4v) is 3.60. The molecule has 1 fully saturated rings. The van der Waals surface area contributed by atoms with Gasteiger partial charge >= 0.3 is 5.97 Å². The van der Waals surface area contributed by atoms with Gasteiger partial charge in [-0.05, 0) is 43.0 Å². The fourth-order valence-electron chi connectivity index (χ4n) is 3.60. The number of benzene rings is 1. The number of fused-ring (bicyclic) bond motifs is 1. The summed E-state index contributed by atoms with van der Waals surface area (Å²) < 4.78 is 2.09. The Balaban J connectivity index is 1.97. The summed E-state index contributed by atoms with van der Waals surface area (Å²) in [6.45, 7) is 10.3. The smallest absolute Gasteiger partial charge is 0.337 e. The van der Waals surface area contributed by atoms with Gasteiger partial charge in [0.25, 0.3) is 0 Å². The first-order valence-corrected chi connectivity index (χ1v) is 8.95. The van der Waals surface area contributed by atoms with E-state index in [9.17, 15) is 9.90 Å². The highest BCUT2D eigenvalue weighted by atomic mass is 16.4. The molecule has 0 saturated carbocycles. The largest absolute Gasteiger partial charge is 0.478 e. The Labute approximate surface area is 143 Å². The lowest BCUT2D eigenvalue weighted by molar-refractivity contribution is 0.0698. The second-order valence-electron chi connectivity index (χ2n) is 6.48. The van der Waals surface area contributed by atoms with Crippen LogP contribution in [-0.4, -0.2) is 53.3 Å². The number of nitrogens with one attached hydrogen (secondary N) is 1. The molecule has 1 aliphatic rings. The van der Waals surface area contributed by atoms with E-state index in [-0.39, 0.29) is 0 Å². The molecule has 2 N–H and O–H groups in total. The van der Waals surface area contributed by atoms with Crippen LogP contribution in [0.4, 0.5) is 0 Å². The zero-order valence-corrected chi connectivity index (χ0v) is 14.6. The van der Waals surface area contributed by atoms with Gasteiger partial charge in [0, 0.05) is 50.9 Å². The normalized spacial score (nSPS) is 15.9. The van der Waals surface area contributed by atoms with Gasteiger partial charge in [0.05, 0.1) is 11.1 Å². The molecule has 0 aliphatic carbocycles. The van der Waals surface area contributed by atoms with Gasteiger partial charge < -0.3 is 19.9 Å². The highest BCUT2D eigenvalue weighted by Crippen LogP contribution is 2.28. The third-order valence-corrected chi connectivity index (χ3v) is 5.00. The first kappa shape index (κ1) is 17.0. The topological polar surface area (TPSA) is 57.5 Å². The summed E-state index contributed by atoms with van der Waals surface area (Å²) in [6, 6.07) is 4.01. The minimum absolute atomic E-state index is 0.430. The molecule has 2 aromatic rings. The van der Waals surface area contributed by atoms with Crippen molar-refractivity contribution < 1.29 is 9.90 Å². The lowest BCUT2D eigenvalue weighted by Gasteiger charge is -2.26. The fraction of sp³-hybridized carbons (Fsp3) is 0.526. The van der Waals surface area contributed by atoms with Crippen molar-refractivity contribution in [3.05, 3.63) is 35.0 Å². The molecule has 2 heterocycles. The first-order valence-electron chi connectivity index (χ1n) is 8.95. The molecule has 0 atom stereocenters. The predicted octanol–water partition coefficient (Wildman–Crippen LogP) is 2.37. The molecule has 0 unspecified atom stereocenters. The van der Waals surface area contributed by atoms with Crippen LogP contribution in [0.25, 0.3) is 10.9 Å². The third-order valence-electron chi connectivity index (χ3n) is 5.00. The molecule has 0 bridgehead atoms.